The van der Waals surface area contributed by atoms with Gasteiger partial charge in [-0.25, -0.2) is 0 Å². The third-order valence-corrected chi connectivity index (χ3v) is 3.65. The minimum Gasteiger partial charge on any atom is -0.548 e. The predicted octanol–water partition coefficient (Wildman–Crippen LogP) is 2.07. The molecule has 24 heavy (non-hydrogen) atoms. The molecule has 3 rings (SSSR count). The van der Waals surface area contributed by atoms with Gasteiger partial charge in [-0.15, -0.1) is 0 Å². The summed E-state index contributed by atoms with van der Waals surface area (Å²) in [6, 6.07) is 14.9. The molecule has 0 saturated heterocycles. The largest absolute Gasteiger partial charge is 0.548 e. The van der Waals surface area contributed by atoms with Crippen LogP contribution in [0.1, 0.15) is 5.56 Å². The SMILES string of the molecule is COc1ccc(-c2cc(=NCC(=O)[O-])c3cc(C)ccc3o2)cc1. The lowest BCUT2D eigenvalue weighted by Gasteiger charge is -2.07. The molecule has 0 spiro atoms. The molecule has 0 radical (unpaired) electrons. The summed E-state index contributed by atoms with van der Waals surface area (Å²) < 4.78 is 11.1. The Kier molecular flexibility index (Phi) is 4.33. The lowest BCUT2D eigenvalue weighted by atomic mass is 10.1. The van der Waals surface area contributed by atoms with Crippen molar-refractivity contribution in [1.29, 1.82) is 0 Å². The van der Waals surface area contributed by atoms with Crippen LogP contribution >= 0.6 is 0 Å². The van der Waals surface area contributed by atoms with Crippen LogP contribution in [0.2, 0.25) is 0 Å². The zero-order valence-electron chi connectivity index (χ0n) is 13.4. The van der Waals surface area contributed by atoms with E-state index in [2.05, 4.69) is 4.99 Å². The van der Waals surface area contributed by atoms with Crippen molar-refractivity contribution in [2.75, 3.05) is 13.7 Å². The molecule has 0 N–H and O–H groups in total. The van der Waals surface area contributed by atoms with Crippen molar-refractivity contribution in [2.45, 2.75) is 6.92 Å². The number of carbonyl (C=O) groups excluding carboxylic acids is 1. The van der Waals surface area contributed by atoms with Crippen molar-refractivity contribution in [3.63, 3.8) is 0 Å². The number of methoxy groups -OCH3 is 1. The summed E-state index contributed by atoms with van der Waals surface area (Å²) in [5, 5.41) is 12.1. The van der Waals surface area contributed by atoms with Crippen molar-refractivity contribution in [3.05, 3.63) is 59.5 Å². The molecule has 5 heteroatoms. The summed E-state index contributed by atoms with van der Waals surface area (Å²) in [7, 11) is 1.61. The fourth-order valence-corrected chi connectivity index (χ4v) is 2.46. The molecule has 0 fully saturated rings. The molecule has 2 aromatic carbocycles. The molecule has 0 aliphatic rings. The van der Waals surface area contributed by atoms with Crippen LogP contribution in [0.3, 0.4) is 0 Å². The number of aryl methyl sites for hydroxylation is 1. The molecular weight excluding hydrogens is 306 g/mol. The highest BCUT2D eigenvalue weighted by atomic mass is 16.5. The first-order valence-corrected chi connectivity index (χ1v) is 7.46. The van der Waals surface area contributed by atoms with Gasteiger partial charge in [-0.2, -0.15) is 0 Å². The molecule has 0 aliphatic carbocycles. The van der Waals surface area contributed by atoms with E-state index in [9.17, 15) is 9.90 Å². The van der Waals surface area contributed by atoms with Crippen molar-refractivity contribution < 1.29 is 19.1 Å². The van der Waals surface area contributed by atoms with Crippen LogP contribution in [0.4, 0.5) is 0 Å². The van der Waals surface area contributed by atoms with Gasteiger partial charge in [0.1, 0.15) is 17.1 Å². The lowest BCUT2D eigenvalue weighted by molar-refractivity contribution is -0.303. The molecule has 1 aromatic heterocycles. The second kappa shape index (κ2) is 6.58. The van der Waals surface area contributed by atoms with E-state index in [0.29, 0.717) is 16.7 Å². The second-order valence-corrected chi connectivity index (χ2v) is 5.41. The zero-order valence-corrected chi connectivity index (χ0v) is 13.4. The second-order valence-electron chi connectivity index (χ2n) is 5.41. The Bertz CT molecular complexity index is 955. The Balaban J connectivity index is 2.20. The maximum absolute atomic E-state index is 10.8. The maximum Gasteiger partial charge on any atom is 0.136 e. The summed E-state index contributed by atoms with van der Waals surface area (Å²) in [5.41, 5.74) is 2.54. The number of carboxylic acids is 1. The lowest BCUT2D eigenvalue weighted by Crippen LogP contribution is -2.26. The average Bonchev–Trinajstić information content (AvgIpc) is 2.59. The number of hydrogen-bond acceptors (Lipinski definition) is 5. The van der Waals surface area contributed by atoms with E-state index >= 15 is 0 Å². The molecule has 5 nitrogen and oxygen atoms in total. The van der Waals surface area contributed by atoms with Gasteiger partial charge in [-0.3, -0.25) is 4.99 Å². The number of fused-ring (bicyclic) bond motifs is 1. The highest BCUT2D eigenvalue weighted by Crippen LogP contribution is 2.24. The number of nitrogens with zero attached hydrogens (tertiary/aromatic N) is 1. The average molecular weight is 322 g/mol. The van der Waals surface area contributed by atoms with Gasteiger partial charge in [0, 0.05) is 17.0 Å². The van der Waals surface area contributed by atoms with Crippen molar-refractivity contribution in [2.24, 2.45) is 4.99 Å². The van der Waals surface area contributed by atoms with Gasteiger partial charge >= 0.3 is 0 Å². The van der Waals surface area contributed by atoms with Gasteiger partial charge in [0.2, 0.25) is 0 Å². The fraction of sp³-hybridized carbons (Fsp3) is 0.158. The van der Waals surface area contributed by atoms with Crippen LogP contribution in [0.25, 0.3) is 22.3 Å². The van der Waals surface area contributed by atoms with Gasteiger partial charge < -0.3 is 19.1 Å². The highest BCUT2D eigenvalue weighted by molar-refractivity contribution is 5.79. The van der Waals surface area contributed by atoms with Crippen LogP contribution in [0, 0.1) is 6.92 Å². The van der Waals surface area contributed by atoms with E-state index in [1.54, 1.807) is 13.2 Å². The monoisotopic (exact) mass is 322 g/mol. The van der Waals surface area contributed by atoms with Crippen molar-refractivity contribution in [3.8, 4) is 17.1 Å². The number of benzene rings is 2. The van der Waals surface area contributed by atoms with Crippen LogP contribution < -0.4 is 15.2 Å². The fourth-order valence-electron chi connectivity index (χ4n) is 2.46. The minimum atomic E-state index is -1.22. The maximum atomic E-state index is 10.8. The highest BCUT2D eigenvalue weighted by Gasteiger charge is 2.06. The molecule has 0 bridgehead atoms. The standard InChI is InChI=1S/C19H17NO4/c1-12-3-8-17-15(9-12)16(20-11-19(21)22)10-18(24-17)13-4-6-14(23-2)7-5-13/h3-10H,11H2,1-2H3,(H,21,22)/p-1. The molecule has 0 saturated carbocycles. The smallest absolute Gasteiger partial charge is 0.136 e. The van der Waals surface area contributed by atoms with Gasteiger partial charge in [0.15, 0.2) is 0 Å². The van der Waals surface area contributed by atoms with Gasteiger partial charge in [-0.1, -0.05) is 11.6 Å². The number of carboxylic acid groups (broad SMARTS) is 1. The van der Waals surface area contributed by atoms with Crippen molar-refractivity contribution in [1.82, 2.24) is 0 Å². The Morgan fingerprint density at radius 1 is 1.17 bits per heavy atom. The molecule has 0 amide bonds. The Morgan fingerprint density at radius 2 is 1.92 bits per heavy atom. The Hall–Kier alpha value is -3.08. The summed E-state index contributed by atoms with van der Waals surface area (Å²) in [5.74, 6) is 0.130. The molecule has 0 unspecified atom stereocenters. The van der Waals surface area contributed by atoms with Crippen LogP contribution in [-0.2, 0) is 4.79 Å². The molecular formula is C19H16NO4-. The van der Waals surface area contributed by atoms with E-state index in [-0.39, 0.29) is 0 Å². The molecule has 122 valence electrons. The van der Waals surface area contributed by atoms with E-state index in [1.807, 2.05) is 49.4 Å². The number of carbonyl (C=O) groups is 1. The van der Waals surface area contributed by atoms with E-state index < -0.39 is 12.5 Å². The van der Waals surface area contributed by atoms with Crippen LogP contribution in [-0.4, -0.2) is 19.6 Å². The first-order chi connectivity index (χ1) is 11.6. The van der Waals surface area contributed by atoms with Crippen molar-refractivity contribution >= 4 is 16.9 Å². The molecule has 0 aliphatic heterocycles. The third-order valence-electron chi connectivity index (χ3n) is 3.65. The van der Waals surface area contributed by atoms with Crippen LogP contribution in [0.15, 0.2) is 57.9 Å². The summed E-state index contributed by atoms with van der Waals surface area (Å²) in [4.78, 5) is 14.9. The third kappa shape index (κ3) is 3.30. The zero-order chi connectivity index (χ0) is 17.1. The molecule has 1 heterocycles. The number of ether oxygens (including phenoxy) is 1. The molecule has 0 atom stereocenters. The topological polar surface area (TPSA) is 74.9 Å². The number of aliphatic carboxylic acids is 1. The van der Waals surface area contributed by atoms with E-state index in [1.165, 1.54) is 0 Å². The van der Waals surface area contributed by atoms with Crippen LogP contribution in [0.5, 0.6) is 5.75 Å². The Labute approximate surface area is 138 Å². The van der Waals surface area contributed by atoms with Gasteiger partial charge in [0.25, 0.3) is 0 Å². The molecule has 3 aromatic rings. The first-order valence-electron chi connectivity index (χ1n) is 7.46. The van der Waals surface area contributed by atoms with E-state index in [4.69, 9.17) is 9.15 Å². The quantitative estimate of drug-likeness (QED) is 0.737. The summed E-state index contributed by atoms with van der Waals surface area (Å²) >= 11 is 0. The predicted molar refractivity (Wildman–Crippen MR) is 88.4 cm³/mol. The number of hydrogen-bond donors (Lipinski definition) is 0. The Morgan fingerprint density at radius 3 is 2.58 bits per heavy atom. The summed E-state index contributed by atoms with van der Waals surface area (Å²) in [6.07, 6.45) is 0. The normalized spacial score (nSPS) is 11.7. The van der Waals surface area contributed by atoms with E-state index in [0.717, 1.165) is 22.3 Å². The summed E-state index contributed by atoms with van der Waals surface area (Å²) in [6.45, 7) is 1.56. The first kappa shape index (κ1) is 15.8. The number of rotatable bonds is 4. The van der Waals surface area contributed by atoms with Gasteiger partial charge in [-0.05, 0) is 43.3 Å². The van der Waals surface area contributed by atoms with Gasteiger partial charge in [0.05, 0.1) is 25.0 Å². The minimum absolute atomic E-state index is 0.394.